The second-order valence-electron chi connectivity index (χ2n) is 3.84. The smallest absolute Gasteiger partial charge is 0.133 e. The highest BCUT2D eigenvalue weighted by molar-refractivity contribution is 8.03. The average Bonchev–Trinajstić information content (AvgIpc) is 2.29. The first kappa shape index (κ1) is 13.1. The fourth-order valence-corrected chi connectivity index (χ4v) is 2.27. The summed E-state index contributed by atoms with van der Waals surface area (Å²) in [5.74, 6) is 1.12. The van der Waals surface area contributed by atoms with Gasteiger partial charge in [-0.1, -0.05) is 19.1 Å². The SMILES string of the molecule is CCC(CCSC#N)c1ccc(F)c(C)c1. The van der Waals surface area contributed by atoms with Crippen molar-refractivity contribution < 1.29 is 4.39 Å². The highest BCUT2D eigenvalue weighted by atomic mass is 32.2. The van der Waals surface area contributed by atoms with Crippen molar-refractivity contribution in [2.24, 2.45) is 0 Å². The Morgan fingerprint density at radius 3 is 2.81 bits per heavy atom. The van der Waals surface area contributed by atoms with Crippen molar-refractivity contribution in [1.82, 2.24) is 0 Å². The fraction of sp³-hybridized carbons (Fsp3) is 0.462. The second-order valence-corrected chi connectivity index (χ2v) is 4.72. The number of rotatable bonds is 5. The van der Waals surface area contributed by atoms with E-state index in [0.29, 0.717) is 11.5 Å². The van der Waals surface area contributed by atoms with Crippen LogP contribution in [-0.2, 0) is 0 Å². The Kier molecular flexibility index (Phi) is 5.34. The second kappa shape index (κ2) is 6.55. The van der Waals surface area contributed by atoms with Crippen LogP contribution >= 0.6 is 11.8 Å². The van der Waals surface area contributed by atoms with Crippen LogP contribution in [0.4, 0.5) is 4.39 Å². The molecule has 0 saturated heterocycles. The molecule has 1 rings (SSSR count). The summed E-state index contributed by atoms with van der Waals surface area (Å²) in [5, 5.41) is 10.5. The predicted molar refractivity (Wildman–Crippen MR) is 66.9 cm³/mol. The summed E-state index contributed by atoms with van der Waals surface area (Å²) >= 11 is 1.29. The molecule has 0 aliphatic carbocycles. The maximum Gasteiger partial charge on any atom is 0.133 e. The number of benzene rings is 1. The van der Waals surface area contributed by atoms with Gasteiger partial charge in [0.2, 0.25) is 0 Å². The molecule has 1 aromatic rings. The minimum atomic E-state index is -0.148. The molecular formula is C13H16FNS. The summed E-state index contributed by atoms with van der Waals surface area (Å²) in [4.78, 5) is 0. The molecule has 0 fully saturated rings. The van der Waals surface area contributed by atoms with Crippen LogP contribution < -0.4 is 0 Å². The molecule has 16 heavy (non-hydrogen) atoms. The zero-order chi connectivity index (χ0) is 12.0. The molecule has 0 spiro atoms. The van der Waals surface area contributed by atoms with Crippen molar-refractivity contribution >= 4 is 11.8 Å². The van der Waals surface area contributed by atoms with E-state index in [2.05, 4.69) is 12.3 Å². The molecule has 0 aliphatic rings. The Labute approximate surface area is 101 Å². The molecule has 0 saturated carbocycles. The Bertz CT molecular complexity index is 384. The van der Waals surface area contributed by atoms with Gasteiger partial charge in [0.25, 0.3) is 0 Å². The van der Waals surface area contributed by atoms with E-state index in [1.807, 2.05) is 12.1 Å². The average molecular weight is 237 g/mol. The van der Waals surface area contributed by atoms with Crippen LogP contribution in [0.5, 0.6) is 0 Å². The molecule has 0 heterocycles. The first-order chi connectivity index (χ1) is 7.69. The number of aryl methyl sites for hydroxylation is 1. The van der Waals surface area contributed by atoms with Crippen molar-refractivity contribution in [2.45, 2.75) is 32.6 Å². The number of halogens is 1. The lowest BCUT2D eigenvalue weighted by atomic mass is 9.93. The van der Waals surface area contributed by atoms with Crippen molar-refractivity contribution in [3.8, 4) is 5.40 Å². The van der Waals surface area contributed by atoms with Gasteiger partial charge in [0.1, 0.15) is 11.2 Å². The van der Waals surface area contributed by atoms with Crippen LogP contribution in [0, 0.1) is 23.4 Å². The van der Waals surface area contributed by atoms with Gasteiger partial charge in [-0.15, -0.1) is 0 Å². The molecule has 1 nitrogen and oxygen atoms in total. The van der Waals surface area contributed by atoms with Crippen LogP contribution in [0.15, 0.2) is 18.2 Å². The zero-order valence-corrected chi connectivity index (χ0v) is 10.5. The number of nitrogens with zero attached hydrogens (tertiary/aromatic N) is 1. The van der Waals surface area contributed by atoms with E-state index in [1.54, 1.807) is 6.92 Å². The standard InChI is InChI=1S/C13H16FNS/c1-3-11(6-7-16-9-15)12-4-5-13(14)10(2)8-12/h4-5,8,11H,3,6-7H2,1-2H3. The summed E-state index contributed by atoms with van der Waals surface area (Å²) in [7, 11) is 0. The number of nitriles is 1. The van der Waals surface area contributed by atoms with E-state index < -0.39 is 0 Å². The molecule has 1 aromatic carbocycles. The van der Waals surface area contributed by atoms with Crippen LogP contribution in [0.2, 0.25) is 0 Å². The van der Waals surface area contributed by atoms with Crippen LogP contribution in [-0.4, -0.2) is 5.75 Å². The first-order valence-electron chi connectivity index (χ1n) is 5.46. The molecule has 0 aliphatic heterocycles. The van der Waals surface area contributed by atoms with Crippen LogP contribution in [0.3, 0.4) is 0 Å². The lowest BCUT2D eigenvalue weighted by molar-refractivity contribution is 0.609. The van der Waals surface area contributed by atoms with E-state index in [-0.39, 0.29) is 5.82 Å². The maximum absolute atomic E-state index is 13.1. The van der Waals surface area contributed by atoms with Crippen LogP contribution in [0.25, 0.3) is 0 Å². The quantitative estimate of drug-likeness (QED) is 0.565. The van der Waals surface area contributed by atoms with Gasteiger partial charge >= 0.3 is 0 Å². The van der Waals surface area contributed by atoms with E-state index in [1.165, 1.54) is 23.4 Å². The van der Waals surface area contributed by atoms with Gasteiger partial charge in [0.05, 0.1) is 0 Å². The molecule has 86 valence electrons. The van der Waals surface area contributed by atoms with E-state index in [0.717, 1.165) is 18.6 Å². The molecule has 1 atom stereocenters. The fourth-order valence-electron chi connectivity index (χ4n) is 1.78. The van der Waals surface area contributed by atoms with Crippen LogP contribution in [0.1, 0.15) is 36.8 Å². The minimum absolute atomic E-state index is 0.148. The Morgan fingerprint density at radius 1 is 1.50 bits per heavy atom. The lowest BCUT2D eigenvalue weighted by Gasteiger charge is -2.15. The third-order valence-corrected chi connectivity index (χ3v) is 3.35. The number of thiocyanates is 1. The van der Waals surface area contributed by atoms with E-state index in [4.69, 9.17) is 5.26 Å². The van der Waals surface area contributed by atoms with Crippen molar-refractivity contribution in [2.75, 3.05) is 5.75 Å². The number of hydrogen-bond acceptors (Lipinski definition) is 2. The molecule has 0 radical (unpaired) electrons. The Morgan fingerprint density at radius 2 is 2.25 bits per heavy atom. The summed E-state index contributed by atoms with van der Waals surface area (Å²) in [6.45, 7) is 3.91. The topological polar surface area (TPSA) is 23.8 Å². The summed E-state index contributed by atoms with van der Waals surface area (Å²) < 4.78 is 13.1. The monoisotopic (exact) mass is 237 g/mol. The molecular weight excluding hydrogens is 221 g/mol. The first-order valence-corrected chi connectivity index (χ1v) is 6.44. The summed E-state index contributed by atoms with van der Waals surface area (Å²) in [6, 6.07) is 5.30. The number of hydrogen-bond donors (Lipinski definition) is 0. The molecule has 3 heteroatoms. The molecule has 0 aromatic heterocycles. The maximum atomic E-state index is 13.1. The van der Waals surface area contributed by atoms with Gasteiger partial charge in [0.15, 0.2) is 0 Å². The predicted octanol–water partition coefficient (Wildman–Crippen LogP) is 4.23. The summed E-state index contributed by atoms with van der Waals surface area (Å²) in [6.07, 6.45) is 2.00. The van der Waals surface area contributed by atoms with Crippen molar-refractivity contribution in [3.05, 3.63) is 35.1 Å². The zero-order valence-electron chi connectivity index (χ0n) is 9.66. The third-order valence-electron chi connectivity index (χ3n) is 2.78. The van der Waals surface area contributed by atoms with E-state index >= 15 is 0 Å². The number of thioether (sulfide) groups is 1. The van der Waals surface area contributed by atoms with Gasteiger partial charge in [0, 0.05) is 5.75 Å². The Balaban J connectivity index is 2.71. The van der Waals surface area contributed by atoms with Gasteiger partial charge < -0.3 is 0 Å². The van der Waals surface area contributed by atoms with Crippen molar-refractivity contribution in [1.29, 1.82) is 5.26 Å². The molecule has 0 N–H and O–H groups in total. The lowest BCUT2D eigenvalue weighted by Crippen LogP contribution is -2.00. The van der Waals surface area contributed by atoms with E-state index in [9.17, 15) is 4.39 Å². The molecule has 0 amide bonds. The minimum Gasteiger partial charge on any atom is -0.207 e. The van der Waals surface area contributed by atoms with Crippen molar-refractivity contribution in [3.63, 3.8) is 0 Å². The van der Waals surface area contributed by atoms with Gasteiger partial charge in [-0.05, 0) is 54.6 Å². The van der Waals surface area contributed by atoms with Gasteiger partial charge in [-0.3, -0.25) is 0 Å². The normalized spacial score (nSPS) is 12.1. The molecule has 0 bridgehead atoms. The van der Waals surface area contributed by atoms with Gasteiger partial charge in [-0.25, -0.2) is 4.39 Å². The highest BCUT2D eigenvalue weighted by Crippen LogP contribution is 2.26. The summed E-state index contributed by atoms with van der Waals surface area (Å²) in [5.41, 5.74) is 1.88. The Hall–Kier alpha value is -1.01. The third kappa shape index (κ3) is 3.53. The molecule has 1 unspecified atom stereocenters. The van der Waals surface area contributed by atoms with Gasteiger partial charge in [-0.2, -0.15) is 5.26 Å². The largest absolute Gasteiger partial charge is 0.207 e. The highest BCUT2D eigenvalue weighted by Gasteiger charge is 2.10.